The molecule has 424 valence electrons. The van der Waals surface area contributed by atoms with Crippen LogP contribution < -0.4 is 10.4 Å². The number of aliphatic carboxylic acids is 1. The number of aliphatic hydroxyl groups excluding tert-OH is 11. The summed E-state index contributed by atoms with van der Waals surface area (Å²) in [5.74, 6) is -7.51. The van der Waals surface area contributed by atoms with E-state index in [0.29, 0.717) is 31.2 Å². The number of carboxylic acid groups (broad SMARTS) is 1. The second-order valence-corrected chi connectivity index (χ2v) is 19.6. The van der Waals surface area contributed by atoms with Gasteiger partial charge in [-0.25, -0.2) is 4.98 Å². The predicted octanol–water partition coefficient (Wildman–Crippen LogP) is -4.35. The molecule has 0 spiro atoms. The molecule has 4 aliphatic rings. The predicted molar refractivity (Wildman–Crippen MR) is 250 cm³/mol. The number of amides is 1. The minimum Gasteiger partial charge on any atom is -0.544 e. The second-order valence-electron chi connectivity index (χ2n) is 19.6. The molecule has 0 aliphatic carbocycles. The van der Waals surface area contributed by atoms with E-state index < -0.39 is 166 Å². The van der Waals surface area contributed by atoms with Crippen molar-refractivity contribution < 1.29 is 118 Å². The lowest BCUT2D eigenvalue weighted by molar-refractivity contribution is -0.414. The smallest absolute Gasteiger partial charge is 0.305 e. The molecule has 5 heterocycles. The highest BCUT2D eigenvalue weighted by molar-refractivity contribution is 5.95. The van der Waals surface area contributed by atoms with E-state index >= 15 is 0 Å². The van der Waals surface area contributed by atoms with Gasteiger partial charge >= 0.3 is 5.97 Å². The first-order valence-corrected chi connectivity index (χ1v) is 25.2. The Balaban J connectivity index is 1.35. The number of hydrogen-bond donors (Lipinski definition) is 12. The van der Waals surface area contributed by atoms with E-state index in [4.69, 9.17) is 42.6 Å². The average molecular weight is 1070 g/mol. The third kappa shape index (κ3) is 14.1. The first kappa shape index (κ1) is 60.5. The van der Waals surface area contributed by atoms with Crippen LogP contribution >= 0.6 is 0 Å². The van der Waals surface area contributed by atoms with Gasteiger partial charge in [0.2, 0.25) is 5.79 Å². The SMILES string of the molecule is COC(=O)CCCCCCCCOC1OC(CO)C(OC2OC(CO)C(O)C(O[C@]3(C(=O)[O-])CC(O)C(C)C([C@H](O)[C@H](O)CO)O3)C2O)C(OC2OC(C)C(O)C(O)C2O)C1NC(=O)c1ccc2cccc(C)c2n1. The zero-order valence-corrected chi connectivity index (χ0v) is 42.1. The summed E-state index contributed by atoms with van der Waals surface area (Å²) in [6.45, 7) is 1.55. The van der Waals surface area contributed by atoms with E-state index in [0.717, 1.165) is 30.2 Å². The molecule has 12 N–H and O–H groups in total. The van der Waals surface area contributed by atoms with Crippen LogP contribution in [-0.4, -0.2) is 235 Å². The van der Waals surface area contributed by atoms with Crippen molar-refractivity contribution in [3.05, 3.63) is 41.6 Å². The van der Waals surface area contributed by atoms with Gasteiger partial charge in [-0.15, -0.1) is 0 Å². The number of para-hydroxylation sites is 1. The van der Waals surface area contributed by atoms with Crippen molar-refractivity contribution in [2.45, 2.75) is 194 Å². The minimum atomic E-state index is -3.11. The maximum absolute atomic E-state index is 14.4. The number of unbranched alkanes of at least 4 members (excludes halogenated alkanes) is 5. The number of pyridine rings is 1. The van der Waals surface area contributed by atoms with Gasteiger partial charge in [-0.1, -0.05) is 56.9 Å². The highest BCUT2D eigenvalue weighted by Gasteiger charge is 2.58. The van der Waals surface area contributed by atoms with Crippen LogP contribution in [0.25, 0.3) is 10.9 Å². The number of benzene rings is 1. The molecular weight excluding hydrogens is 1000 g/mol. The number of rotatable bonds is 24. The second kappa shape index (κ2) is 27.2. The highest BCUT2D eigenvalue weighted by atomic mass is 16.8. The molecule has 1 amide bonds. The van der Waals surface area contributed by atoms with Crippen LogP contribution in [0.4, 0.5) is 0 Å². The zero-order chi connectivity index (χ0) is 54.9. The van der Waals surface area contributed by atoms with Gasteiger partial charge in [0.15, 0.2) is 18.9 Å². The van der Waals surface area contributed by atoms with Gasteiger partial charge in [0.25, 0.3) is 5.91 Å². The Morgan fingerprint density at radius 1 is 0.787 bits per heavy atom. The number of aryl methyl sites for hydroxylation is 1. The molecule has 4 fully saturated rings. The number of carboxylic acids is 1. The molecule has 4 aliphatic heterocycles. The normalized spacial score (nSPS) is 37.2. The number of carbonyl (C=O) groups excluding carboxylic acids is 3. The van der Waals surface area contributed by atoms with Crippen LogP contribution in [-0.2, 0) is 52.2 Å². The van der Waals surface area contributed by atoms with Crippen LogP contribution in [0.1, 0.15) is 81.3 Å². The number of ether oxygens (including phenoxy) is 9. The van der Waals surface area contributed by atoms with Gasteiger partial charge in [-0.3, -0.25) is 9.59 Å². The summed E-state index contributed by atoms with van der Waals surface area (Å²) in [6, 6.07) is 6.99. The zero-order valence-electron chi connectivity index (χ0n) is 42.1. The average Bonchev–Trinajstić information content (AvgIpc) is 3.39. The van der Waals surface area contributed by atoms with Crippen molar-refractivity contribution in [3.63, 3.8) is 0 Å². The Kier molecular flexibility index (Phi) is 22.0. The van der Waals surface area contributed by atoms with Gasteiger partial charge in [-0.05, 0) is 38.3 Å². The molecule has 21 atom stereocenters. The van der Waals surface area contributed by atoms with Crippen LogP contribution in [0.3, 0.4) is 0 Å². The molecule has 1 aromatic heterocycles. The molecule has 26 nitrogen and oxygen atoms in total. The molecule has 75 heavy (non-hydrogen) atoms. The summed E-state index contributed by atoms with van der Waals surface area (Å²) in [4.78, 5) is 43.5. The Morgan fingerprint density at radius 2 is 1.44 bits per heavy atom. The Hall–Kier alpha value is -3.72. The standard InChI is InChI=1S/C49H74N2O24/c1-22-12-11-13-25-15-16-26(50-32(22)25)44(64)51-33-42(73-46-38(62)37(61)34(58)24(3)69-46)41(30(21-54)71-45(33)68-17-10-8-6-5-7-9-14-31(57)67-4)72-47-39(63)43(36(60)29(20-53)70-47)75-49(48(65)66)18-27(55)23(2)40(74-49)35(59)28(56)19-52/h11-13,15-16,23-24,27-30,33-43,45-47,52-56,58-63H,5-10,14,17-21H2,1-4H3,(H,51,64)(H,65,66)/p-1/t23?,24?,27?,28-,29?,30?,33?,34?,35-,36?,37?,38?,39?,40?,41?,42?,43?,45?,46?,47?,49+/m1/s1. The molecule has 0 saturated carbocycles. The number of nitrogens with zero attached hydrogens (tertiary/aromatic N) is 1. The third-order valence-electron chi connectivity index (χ3n) is 14.3. The van der Waals surface area contributed by atoms with Crippen molar-refractivity contribution in [1.82, 2.24) is 10.3 Å². The van der Waals surface area contributed by atoms with Gasteiger partial charge < -0.3 is 114 Å². The Bertz CT molecular complexity index is 2160. The number of aliphatic hydroxyl groups is 11. The summed E-state index contributed by atoms with van der Waals surface area (Å²) in [5.41, 5.74) is 1.15. The fourth-order valence-electron chi connectivity index (χ4n) is 9.68. The molecule has 0 bridgehead atoms. The van der Waals surface area contributed by atoms with E-state index in [1.165, 1.54) is 27.0 Å². The fraction of sp³-hybridized carbons (Fsp3) is 0.755. The van der Waals surface area contributed by atoms with Crippen molar-refractivity contribution >= 4 is 28.7 Å². The summed E-state index contributed by atoms with van der Waals surface area (Å²) < 4.78 is 53.2. The summed E-state index contributed by atoms with van der Waals surface area (Å²) in [7, 11) is 1.32. The summed E-state index contributed by atoms with van der Waals surface area (Å²) in [6.07, 6.45) is -29.5. The number of hydrogen-bond acceptors (Lipinski definition) is 25. The van der Waals surface area contributed by atoms with Crippen molar-refractivity contribution in [2.75, 3.05) is 33.5 Å². The lowest BCUT2D eigenvalue weighted by Gasteiger charge is -2.52. The van der Waals surface area contributed by atoms with Crippen LogP contribution in [0.2, 0.25) is 0 Å². The van der Waals surface area contributed by atoms with Crippen LogP contribution in [0, 0.1) is 12.8 Å². The number of methoxy groups -OCH3 is 1. The Labute approximate surface area is 431 Å². The molecule has 2 aromatic rings. The van der Waals surface area contributed by atoms with Gasteiger partial charge in [0, 0.05) is 30.8 Å². The van der Waals surface area contributed by atoms with Crippen molar-refractivity contribution in [3.8, 4) is 0 Å². The molecule has 6 rings (SSSR count). The number of carbonyl (C=O) groups is 3. The lowest BCUT2D eigenvalue weighted by Crippen LogP contribution is -2.71. The number of nitrogens with one attached hydrogen (secondary N) is 1. The van der Waals surface area contributed by atoms with Crippen molar-refractivity contribution in [2.24, 2.45) is 5.92 Å². The van der Waals surface area contributed by atoms with Gasteiger partial charge in [-0.2, -0.15) is 0 Å². The number of esters is 1. The molecular formula is C49H73N2O24-. The lowest BCUT2D eigenvalue weighted by atomic mass is 9.84. The number of aromatic nitrogens is 1. The fourth-order valence-corrected chi connectivity index (χ4v) is 9.68. The summed E-state index contributed by atoms with van der Waals surface area (Å²) in [5, 5.41) is 136. The van der Waals surface area contributed by atoms with E-state index in [1.807, 2.05) is 6.07 Å². The first-order chi connectivity index (χ1) is 35.7. The minimum absolute atomic E-state index is 0.000380. The van der Waals surface area contributed by atoms with Crippen LogP contribution in [0.15, 0.2) is 30.3 Å². The number of fused-ring (bicyclic) bond motifs is 1. The van der Waals surface area contributed by atoms with E-state index in [1.54, 1.807) is 25.1 Å². The maximum atomic E-state index is 14.4. The van der Waals surface area contributed by atoms with Crippen LogP contribution in [0.5, 0.6) is 0 Å². The van der Waals surface area contributed by atoms with Gasteiger partial charge in [0.1, 0.15) is 91.0 Å². The van der Waals surface area contributed by atoms with Gasteiger partial charge in [0.05, 0.1) is 50.8 Å². The third-order valence-corrected chi connectivity index (χ3v) is 14.3. The highest BCUT2D eigenvalue weighted by Crippen LogP contribution is 2.40. The quantitative estimate of drug-likeness (QED) is 0.0349. The molecule has 1 aromatic carbocycles. The summed E-state index contributed by atoms with van der Waals surface area (Å²) >= 11 is 0. The monoisotopic (exact) mass is 1070 g/mol. The Morgan fingerprint density at radius 3 is 2.11 bits per heavy atom. The largest absolute Gasteiger partial charge is 0.544 e. The maximum Gasteiger partial charge on any atom is 0.305 e. The van der Waals surface area contributed by atoms with E-state index in [2.05, 4.69) is 10.3 Å². The van der Waals surface area contributed by atoms with E-state index in [9.17, 15) is 75.7 Å². The molecule has 4 saturated heterocycles. The molecule has 26 heteroatoms. The van der Waals surface area contributed by atoms with E-state index in [-0.39, 0.29) is 18.3 Å². The topological polar surface area (TPSA) is 405 Å². The first-order valence-electron chi connectivity index (χ1n) is 25.2. The van der Waals surface area contributed by atoms with Crippen molar-refractivity contribution in [1.29, 1.82) is 0 Å². The molecule has 0 radical (unpaired) electrons. The molecule has 18 unspecified atom stereocenters.